The summed E-state index contributed by atoms with van der Waals surface area (Å²) in [6.07, 6.45) is 5.97. The Morgan fingerprint density at radius 3 is 2.46 bits per heavy atom. The molecule has 1 aliphatic heterocycles. The number of ether oxygens (including phenoxy) is 1. The Balaban J connectivity index is 1.91. The summed E-state index contributed by atoms with van der Waals surface area (Å²) in [6, 6.07) is 19.1. The molecular weight excluding hydrogens is 550 g/mol. The van der Waals surface area contributed by atoms with Gasteiger partial charge in [-0.05, 0) is 121 Å². The lowest BCUT2D eigenvalue weighted by Gasteiger charge is -2.39. The van der Waals surface area contributed by atoms with Crippen LogP contribution in [0, 0.1) is 19.8 Å². The van der Waals surface area contributed by atoms with Crippen LogP contribution in [0.2, 0.25) is 0 Å². The molecule has 0 saturated carbocycles. The molecule has 0 N–H and O–H groups in total. The van der Waals surface area contributed by atoms with Crippen molar-refractivity contribution < 1.29 is 13.9 Å². The number of nitrogens with zero attached hydrogens (tertiary/aromatic N) is 1. The van der Waals surface area contributed by atoms with Crippen LogP contribution in [0.1, 0.15) is 42.3 Å². The van der Waals surface area contributed by atoms with Gasteiger partial charge in [0.15, 0.2) is 0 Å². The third-order valence-corrected chi connectivity index (χ3v) is 9.19. The van der Waals surface area contributed by atoms with Crippen LogP contribution in [-0.4, -0.2) is 32.8 Å². The summed E-state index contributed by atoms with van der Waals surface area (Å²) in [5.41, 5.74) is 8.42. The fraction of sp³-hybridized carbons (Fsp3) is 0.286. The van der Waals surface area contributed by atoms with Gasteiger partial charge < -0.3 is 9.64 Å². The molecule has 3 nitrogen and oxygen atoms in total. The minimum absolute atomic E-state index is 0.104. The van der Waals surface area contributed by atoms with E-state index in [-0.39, 0.29) is 11.9 Å². The van der Waals surface area contributed by atoms with Crippen molar-refractivity contribution >= 4 is 45.9 Å². The second kappa shape index (κ2) is 14.0. The number of esters is 1. The van der Waals surface area contributed by atoms with Crippen LogP contribution >= 0.6 is 23.1 Å². The molecule has 1 fully saturated rings. The molecule has 3 aromatic rings. The summed E-state index contributed by atoms with van der Waals surface area (Å²) in [6.45, 7) is 11.1. The maximum absolute atomic E-state index is 14.1. The van der Waals surface area contributed by atoms with Gasteiger partial charge in [0.05, 0.1) is 13.0 Å². The van der Waals surface area contributed by atoms with E-state index in [1.54, 1.807) is 29.2 Å². The summed E-state index contributed by atoms with van der Waals surface area (Å²) in [7, 11) is 1.44. The zero-order valence-corrected chi connectivity index (χ0v) is 26.3. The van der Waals surface area contributed by atoms with Crippen molar-refractivity contribution in [1.29, 1.82) is 0 Å². The lowest BCUT2D eigenvalue weighted by Crippen LogP contribution is -2.50. The molecule has 0 aliphatic carbocycles. The van der Waals surface area contributed by atoms with Crippen molar-refractivity contribution in [2.75, 3.05) is 31.8 Å². The Labute approximate surface area is 252 Å². The highest BCUT2D eigenvalue weighted by molar-refractivity contribution is 8.03. The minimum atomic E-state index is -0.552. The van der Waals surface area contributed by atoms with Crippen molar-refractivity contribution in [2.45, 2.75) is 39.5 Å². The molecule has 1 aromatic heterocycles. The molecule has 41 heavy (non-hydrogen) atoms. The van der Waals surface area contributed by atoms with E-state index in [4.69, 9.17) is 4.74 Å². The maximum atomic E-state index is 14.1. The predicted molar refractivity (Wildman–Crippen MR) is 174 cm³/mol. The Bertz CT molecular complexity index is 1500. The third kappa shape index (κ3) is 7.30. The van der Waals surface area contributed by atoms with E-state index in [0.717, 1.165) is 44.0 Å². The summed E-state index contributed by atoms with van der Waals surface area (Å²) < 4.78 is 19.0. The van der Waals surface area contributed by atoms with Crippen molar-refractivity contribution in [2.24, 2.45) is 5.92 Å². The summed E-state index contributed by atoms with van der Waals surface area (Å²) in [4.78, 5) is 17.7. The lowest BCUT2D eigenvalue weighted by molar-refractivity contribution is -0.146. The van der Waals surface area contributed by atoms with E-state index >= 15 is 0 Å². The normalized spacial score (nSPS) is 15.5. The van der Waals surface area contributed by atoms with Gasteiger partial charge in [-0.1, -0.05) is 47.7 Å². The molecule has 1 aliphatic rings. The van der Waals surface area contributed by atoms with Gasteiger partial charge in [-0.3, -0.25) is 4.79 Å². The Kier molecular flexibility index (Phi) is 10.5. The van der Waals surface area contributed by atoms with Gasteiger partial charge in [0, 0.05) is 28.5 Å². The Morgan fingerprint density at radius 2 is 1.85 bits per heavy atom. The number of hydrogen-bond acceptors (Lipinski definition) is 5. The van der Waals surface area contributed by atoms with E-state index in [9.17, 15) is 9.18 Å². The van der Waals surface area contributed by atoms with Crippen LogP contribution in [0.3, 0.4) is 0 Å². The van der Waals surface area contributed by atoms with Crippen molar-refractivity contribution in [3.05, 3.63) is 116 Å². The molecule has 0 radical (unpaired) electrons. The van der Waals surface area contributed by atoms with Gasteiger partial charge in [0.25, 0.3) is 0 Å². The molecule has 2 aromatic carbocycles. The van der Waals surface area contributed by atoms with Gasteiger partial charge in [-0.15, -0.1) is 11.3 Å². The number of thioether (sulfide) groups is 1. The van der Waals surface area contributed by atoms with E-state index < -0.39 is 6.67 Å². The standard InChI is InChI=1S/C35H38FNO2S2/c1-7-24(3)31(15-17-36)34(32-16-18-40-26(32)5)33(19-25(4)41-30-13-11-23(2)12-14-30)27-9-8-10-29(20-27)37-21-28(22-37)35(38)39-6/h7-16,18-20,28H,17,21-22H2,1-6H3/b24-7-,25-19-,31-15+,34-33-. The fourth-order valence-corrected chi connectivity index (χ4v) is 6.50. The number of thiophene rings is 1. The van der Waals surface area contributed by atoms with Crippen molar-refractivity contribution in [3.63, 3.8) is 0 Å². The first-order valence-electron chi connectivity index (χ1n) is 13.8. The zero-order valence-electron chi connectivity index (χ0n) is 24.7. The minimum Gasteiger partial charge on any atom is -0.469 e. The smallest absolute Gasteiger partial charge is 0.312 e. The number of methoxy groups -OCH3 is 1. The van der Waals surface area contributed by atoms with Crippen molar-refractivity contribution in [1.82, 2.24) is 0 Å². The van der Waals surface area contributed by atoms with E-state index in [1.165, 1.54) is 22.4 Å². The number of halogens is 1. The van der Waals surface area contributed by atoms with Gasteiger partial charge in [-0.25, -0.2) is 4.39 Å². The predicted octanol–water partition coefficient (Wildman–Crippen LogP) is 9.44. The molecule has 0 amide bonds. The molecule has 0 bridgehead atoms. The number of hydrogen-bond donors (Lipinski definition) is 0. The molecule has 4 rings (SSSR count). The largest absolute Gasteiger partial charge is 0.469 e. The molecule has 1 saturated heterocycles. The van der Waals surface area contributed by atoms with Gasteiger partial charge in [0.2, 0.25) is 0 Å². The number of carbonyl (C=O) groups is 1. The second-order valence-electron chi connectivity index (χ2n) is 10.3. The average molecular weight is 588 g/mol. The highest BCUT2D eigenvalue weighted by atomic mass is 32.2. The molecule has 0 atom stereocenters. The second-order valence-corrected chi connectivity index (χ2v) is 12.7. The number of allylic oxidation sites excluding steroid dienone is 8. The van der Waals surface area contributed by atoms with Crippen LogP contribution < -0.4 is 4.90 Å². The van der Waals surface area contributed by atoms with E-state index in [2.05, 4.69) is 91.7 Å². The molecular formula is C35H38FNO2S2. The van der Waals surface area contributed by atoms with Gasteiger partial charge >= 0.3 is 5.97 Å². The summed E-state index contributed by atoms with van der Waals surface area (Å²) >= 11 is 3.42. The van der Waals surface area contributed by atoms with Gasteiger partial charge in [0.1, 0.15) is 6.67 Å². The molecule has 2 heterocycles. The maximum Gasteiger partial charge on any atom is 0.312 e. The average Bonchev–Trinajstić information content (AvgIpc) is 3.37. The molecule has 0 spiro atoms. The van der Waals surface area contributed by atoms with Gasteiger partial charge in [-0.2, -0.15) is 0 Å². The summed E-state index contributed by atoms with van der Waals surface area (Å²) in [5.74, 6) is -0.269. The monoisotopic (exact) mass is 587 g/mol. The zero-order chi connectivity index (χ0) is 29.5. The van der Waals surface area contributed by atoms with Crippen LogP contribution in [0.4, 0.5) is 10.1 Å². The lowest BCUT2D eigenvalue weighted by atomic mass is 9.85. The van der Waals surface area contributed by atoms with E-state index in [1.807, 2.05) is 19.9 Å². The third-order valence-electron chi connectivity index (χ3n) is 7.39. The molecule has 0 unspecified atom stereocenters. The molecule has 214 valence electrons. The topological polar surface area (TPSA) is 29.5 Å². The summed E-state index contributed by atoms with van der Waals surface area (Å²) in [5, 5.41) is 2.10. The number of carbonyl (C=O) groups excluding carboxylic acids is 1. The first-order chi connectivity index (χ1) is 19.7. The number of anilines is 1. The van der Waals surface area contributed by atoms with Crippen molar-refractivity contribution in [3.8, 4) is 0 Å². The van der Waals surface area contributed by atoms with Crippen LogP contribution in [0.5, 0.6) is 0 Å². The van der Waals surface area contributed by atoms with Crippen LogP contribution in [-0.2, 0) is 9.53 Å². The SMILES string of the molecule is C\C=C(C)/C(=C\CF)C(=C(\C=C(\C)Sc1ccc(C)cc1)c1cccc(N2CC(C(=O)OC)C2)c1)/c1ccsc1C. The first kappa shape index (κ1) is 30.6. The fourth-order valence-electron chi connectivity index (χ4n) is 4.97. The first-order valence-corrected chi connectivity index (χ1v) is 15.5. The van der Waals surface area contributed by atoms with Crippen LogP contribution in [0.15, 0.2) is 99.2 Å². The number of benzene rings is 2. The number of aryl methyl sites for hydroxylation is 2. The number of rotatable bonds is 10. The highest BCUT2D eigenvalue weighted by Gasteiger charge is 2.33. The van der Waals surface area contributed by atoms with Crippen LogP contribution in [0.25, 0.3) is 11.1 Å². The number of alkyl halides is 1. The quantitative estimate of drug-likeness (QED) is 0.134. The Hall–Kier alpha value is -3.35. The highest BCUT2D eigenvalue weighted by Crippen LogP contribution is 2.42. The van der Waals surface area contributed by atoms with E-state index in [0.29, 0.717) is 13.1 Å². The molecule has 6 heteroatoms. The Morgan fingerprint density at radius 1 is 1.12 bits per heavy atom.